The molecule has 0 radical (unpaired) electrons. The maximum Gasteiger partial charge on any atom is 0.139 e. The zero-order chi connectivity index (χ0) is 11.5. The number of hydrogen-bond donors (Lipinski definition) is 1. The second kappa shape index (κ2) is 5.15. The lowest BCUT2D eigenvalue weighted by atomic mass is 10.3. The van der Waals surface area contributed by atoms with E-state index >= 15 is 0 Å². The lowest BCUT2D eigenvalue weighted by Gasteiger charge is -2.11. The highest BCUT2D eigenvalue weighted by Gasteiger charge is 2.24. The van der Waals surface area contributed by atoms with Crippen LogP contribution in [0.5, 0.6) is 0 Å². The molecule has 1 aromatic rings. The molecule has 1 nitrogen and oxygen atoms in total. The molecule has 0 aliphatic heterocycles. The largest absolute Gasteiger partial charge is 0.317 e. The second-order valence-electron chi connectivity index (χ2n) is 4.11. The minimum Gasteiger partial charge on any atom is -0.317 e. The predicted molar refractivity (Wildman–Crippen MR) is 62.7 cm³/mol. The summed E-state index contributed by atoms with van der Waals surface area (Å²) < 4.78 is 26.1. The van der Waals surface area contributed by atoms with Crippen LogP contribution in [0, 0.1) is 11.6 Å². The van der Waals surface area contributed by atoms with E-state index in [1.165, 1.54) is 23.9 Å². The number of rotatable bonds is 3. The van der Waals surface area contributed by atoms with E-state index in [1.807, 2.05) is 7.05 Å². The molecule has 1 N–H and O–H groups in total. The first-order valence-electron chi connectivity index (χ1n) is 5.48. The van der Waals surface area contributed by atoms with E-state index in [4.69, 9.17) is 0 Å². The molecule has 2 unspecified atom stereocenters. The number of halogens is 2. The summed E-state index contributed by atoms with van der Waals surface area (Å²) in [4.78, 5) is 0.558. The standard InChI is InChI=1S/C12H15F2NS/c1-15-9-3-4-10(7-9)16-12-5-2-8(13)6-11(12)14/h2,5-6,9-10,15H,3-4,7H2,1H3. The van der Waals surface area contributed by atoms with Crippen LogP contribution in [0.15, 0.2) is 23.1 Å². The topological polar surface area (TPSA) is 12.0 Å². The highest BCUT2D eigenvalue weighted by atomic mass is 32.2. The smallest absolute Gasteiger partial charge is 0.139 e. The lowest BCUT2D eigenvalue weighted by molar-refractivity contribution is 0.565. The summed E-state index contributed by atoms with van der Waals surface area (Å²) in [6.45, 7) is 0. The molecule has 0 saturated heterocycles. The van der Waals surface area contributed by atoms with Crippen molar-refractivity contribution in [1.29, 1.82) is 0 Å². The fourth-order valence-corrected chi connectivity index (χ4v) is 3.32. The molecule has 1 aromatic carbocycles. The van der Waals surface area contributed by atoms with Crippen LogP contribution in [0.4, 0.5) is 8.78 Å². The minimum atomic E-state index is -0.513. The van der Waals surface area contributed by atoms with Gasteiger partial charge in [-0.3, -0.25) is 0 Å². The molecule has 0 spiro atoms. The first-order valence-corrected chi connectivity index (χ1v) is 6.36. The number of benzene rings is 1. The third-order valence-corrected chi connectivity index (χ3v) is 4.33. The Morgan fingerprint density at radius 2 is 2.12 bits per heavy atom. The molecule has 2 rings (SSSR count). The van der Waals surface area contributed by atoms with Crippen molar-refractivity contribution in [3.8, 4) is 0 Å². The molecule has 0 aromatic heterocycles. The van der Waals surface area contributed by atoms with Crippen LogP contribution in [-0.4, -0.2) is 18.3 Å². The van der Waals surface area contributed by atoms with E-state index in [0.29, 0.717) is 16.2 Å². The highest BCUT2D eigenvalue weighted by Crippen LogP contribution is 2.36. The van der Waals surface area contributed by atoms with Crippen LogP contribution < -0.4 is 5.32 Å². The Balaban J connectivity index is 1.99. The molecule has 1 aliphatic carbocycles. The van der Waals surface area contributed by atoms with Gasteiger partial charge < -0.3 is 5.32 Å². The first kappa shape index (κ1) is 11.9. The van der Waals surface area contributed by atoms with Gasteiger partial charge >= 0.3 is 0 Å². The van der Waals surface area contributed by atoms with Crippen LogP contribution >= 0.6 is 11.8 Å². The summed E-state index contributed by atoms with van der Waals surface area (Å²) >= 11 is 1.52. The maximum absolute atomic E-state index is 13.4. The first-order chi connectivity index (χ1) is 7.69. The third kappa shape index (κ3) is 2.74. The fourth-order valence-electron chi connectivity index (χ4n) is 2.06. The Kier molecular flexibility index (Phi) is 3.82. The molecule has 1 saturated carbocycles. The Morgan fingerprint density at radius 3 is 2.75 bits per heavy atom. The van der Waals surface area contributed by atoms with Crippen LogP contribution in [0.1, 0.15) is 19.3 Å². The zero-order valence-electron chi connectivity index (χ0n) is 9.17. The summed E-state index contributed by atoms with van der Waals surface area (Å²) in [7, 11) is 1.95. The summed E-state index contributed by atoms with van der Waals surface area (Å²) in [6, 6.07) is 4.34. The van der Waals surface area contributed by atoms with E-state index in [1.54, 1.807) is 0 Å². The van der Waals surface area contributed by atoms with Crippen LogP contribution in [0.25, 0.3) is 0 Å². The van der Waals surface area contributed by atoms with Crippen molar-refractivity contribution in [2.24, 2.45) is 0 Å². The normalized spacial score (nSPS) is 24.9. The average molecular weight is 243 g/mol. The molecule has 1 fully saturated rings. The number of thioether (sulfide) groups is 1. The Morgan fingerprint density at radius 1 is 1.31 bits per heavy atom. The molecule has 1 aliphatic rings. The van der Waals surface area contributed by atoms with Crippen molar-refractivity contribution in [1.82, 2.24) is 5.32 Å². The van der Waals surface area contributed by atoms with Crippen molar-refractivity contribution >= 4 is 11.8 Å². The quantitative estimate of drug-likeness (QED) is 0.875. The van der Waals surface area contributed by atoms with Crippen molar-refractivity contribution in [3.05, 3.63) is 29.8 Å². The van der Waals surface area contributed by atoms with Gasteiger partial charge in [-0.25, -0.2) is 8.78 Å². The SMILES string of the molecule is CNC1CCC(Sc2ccc(F)cc2F)C1. The van der Waals surface area contributed by atoms with E-state index in [0.717, 1.165) is 25.3 Å². The highest BCUT2D eigenvalue weighted by molar-refractivity contribution is 8.00. The molecule has 0 amide bonds. The summed E-state index contributed by atoms with van der Waals surface area (Å²) in [5.74, 6) is -0.959. The van der Waals surface area contributed by atoms with E-state index in [2.05, 4.69) is 5.32 Å². The van der Waals surface area contributed by atoms with Gasteiger partial charge in [0.05, 0.1) is 0 Å². The lowest BCUT2D eigenvalue weighted by Crippen LogP contribution is -2.21. The van der Waals surface area contributed by atoms with Gasteiger partial charge in [0, 0.05) is 22.3 Å². The van der Waals surface area contributed by atoms with Gasteiger partial charge in [0.15, 0.2) is 0 Å². The summed E-state index contributed by atoms with van der Waals surface area (Å²) in [5, 5.41) is 3.68. The molecule has 4 heteroatoms. The van der Waals surface area contributed by atoms with Gasteiger partial charge in [-0.05, 0) is 38.4 Å². The molecule has 2 atom stereocenters. The third-order valence-electron chi connectivity index (χ3n) is 2.98. The second-order valence-corrected chi connectivity index (χ2v) is 5.46. The van der Waals surface area contributed by atoms with E-state index < -0.39 is 11.6 Å². The maximum atomic E-state index is 13.4. The summed E-state index contributed by atoms with van der Waals surface area (Å²) in [6.07, 6.45) is 3.28. The monoisotopic (exact) mass is 243 g/mol. The van der Waals surface area contributed by atoms with Crippen LogP contribution in [0.3, 0.4) is 0 Å². The summed E-state index contributed by atoms with van der Waals surface area (Å²) in [5.41, 5.74) is 0. The van der Waals surface area contributed by atoms with Crippen LogP contribution in [-0.2, 0) is 0 Å². The number of nitrogens with one attached hydrogen (secondary N) is 1. The molecule has 0 bridgehead atoms. The van der Waals surface area contributed by atoms with Gasteiger partial charge in [0.1, 0.15) is 11.6 Å². The molecular formula is C12H15F2NS. The minimum absolute atomic E-state index is 0.442. The average Bonchev–Trinajstić information content (AvgIpc) is 2.70. The predicted octanol–water partition coefficient (Wildman–Crippen LogP) is 3.20. The molecule has 0 heterocycles. The fraction of sp³-hybridized carbons (Fsp3) is 0.500. The van der Waals surface area contributed by atoms with Gasteiger partial charge in [-0.2, -0.15) is 0 Å². The van der Waals surface area contributed by atoms with Crippen molar-refractivity contribution in [2.45, 2.75) is 35.4 Å². The van der Waals surface area contributed by atoms with Crippen molar-refractivity contribution in [3.63, 3.8) is 0 Å². The molecular weight excluding hydrogens is 228 g/mol. The van der Waals surface area contributed by atoms with E-state index in [9.17, 15) is 8.78 Å². The van der Waals surface area contributed by atoms with Crippen molar-refractivity contribution < 1.29 is 8.78 Å². The van der Waals surface area contributed by atoms with E-state index in [-0.39, 0.29) is 0 Å². The van der Waals surface area contributed by atoms with Crippen LogP contribution in [0.2, 0.25) is 0 Å². The zero-order valence-corrected chi connectivity index (χ0v) is 9.99. The molecule has 16 heavy (non-hydrogen) atoms. The number of hydrogen-bond acceptors (Lipinski definition) is 2. The van der Waals surface area contributed by atoms with Gasteiger partial charge in [0.2, 0.25) is 0 Å². The van der Waals surface area contributed by atoms with Gasteiger partial charge in [0.25, 0.3) is 0 Å². The van der Waals surface area contributed by atoms with Gasteiger partial charge in [-0.1, -0.05) is 0 Å². The Bertz CT molecular complexity index is 370. The van der Waals surface area contributed by atoms with Crippen molar-refractivity contribution in [2.75, 3.05) is 7.05 Å². The Hall–Kier alpha value is -0.610. The molecule has 88 valence electrons. The Labute approximate surface area is 98.6 Å². The van der Waals surface area contributed by atoms with Gasteiger partial charge in [-0.15, -0.1) is 11.8 Å².